The number of hydrogen-bond donors (Lipinski definition) is 0. The van der Waals surface area contributed by atoms with Crippen molar-refractivity contribution in [3.8, 4) is 0 Å². The maximum absolute atomic E-state index is 13.3. The highest BCUT2D eigenvalue weighted by atomic mass is 32.1. The SMILES string of the molecule is CCOC(=O)c1csc(CN(C(=O)c2ccccc2C)C2CCCCC2)n1. The van der Waals surface area contributed by atoms with Crippen molar-refractivity contribution >= 4 is 23.2 Å². The van der Waals surface area contributed by atoms with E-state index in [1.807, 2.05) is 36.1 Å². The molecule has 5 nitrogen and oxygen atoms in total. The summed E-state index contributed by atoms with van der Waals surface area (Å²) in [5.41, 5.74) is 2.05. The van der Waals surface area contributed by atoms with Crippen LogP contribution in [-0.2, 0) is 11.3 Å². The second kappa shape index (κ2) is 9.13. The lowest BCUT2D eigenvalue weighted by molar-refractivity contribution is 0.0520. The number of amides is 1. The summed E-state index contributed by atoms with van der Waals surface area (Å²) in [6.07, 6.45) is 5.57. The molecule has 0 saturated heterocycles. The van der Waals surface area contributed by atoms with Gasteiger partial charge in [0.15, 0.2) is 5.69 Å². The van der Waals surface area contributed by atoms with Gasteiger partial charge in [-0.05, 0) is 38.3 Å². The van der Waals surface area contributed by atoms with E-state index in [9.17, 15) is 9.59 Å². The number of carbonyl (C=O) groups is 2. The fraction of sp³-hybridized carbons (Fsp3) is 0.476. The van der Waals surface area contributed by atoms with E-state index in [-0.39, 0.29) is 11.9 Å². The van der Waals surface area contributed by atoms with Gasteiger partial charge in [0.05, 0.1) is 13.2 Å². The monoisotopic (exact) mass is 386 g/mol. The lowest BCUT2D eigenvalue weighted by atomic mass is 9.93. The molecule has 0 radical (unpaired) electrons. The third kappa shape index (κ3) is 4.75. The number of hydrogen-bond acceptors (Lipinski definition) is 5. The maximum Gasteiger partial charge on any atom is 0.357 e. The topological polar surface area (TPSA) is 59.5 Å². The molecule has 1 aromatic heterocycles. The Hall–Kier alpha value is -2.21. The zero-order chi connectivity index (χ0) is 19.2. The summed E-state index contributed by atoms with van der Waals surface area (Å²) in [6.45, 7) is 4.50. The van der Waals surface area contributed by atoms with Crippen molar-refractivity contribution in [2.24, 2.45) is 0 Å². The Morgan fingerprint density at radius 1 is 1.22 bits per heavy atom. The minimum Gasteiger partial charge on any atom is -0.461 e. The fourth-order valence-electron chi connectivity index (χ4n) is 3.56. The van der Waals surface area contributed by atoms with Crippen LogP contribution in [0.4, 0.5) is 0 Å². The van der Waals surface area contributed by atoms with Crippen LogP contribution >= 0.6 is 11.3 Å². The molecule has 6 heteroatoms. The number of carbonyl (C=O) groups excluding carboxylic acids is 2. The number of aryl methyl sites for hydroxylation is 1. The first-order valence-electron chi connectivity index (χ1n) is 9.58. The molecule has 0 N–H and O–H groups in total. The number of benzene rings is 1. The van der Waals surface area contributed by atoms with E-state index in [0.717, 1.165) is 41.8 Å². The smallest absolute Gasteiger partial charge is 0.357 e. The van der Waals surface area contributed by atoms with Gasteiger partial charge in [0, 0.05) is 17.0 Å². The number of rotatable bonds is 6. The van der Waals surface area contributed by atoms with Crippen molar-refractivity contribution in [1.82, 2.24) is 9.88 Å². The molecule has 0 spiro atoms. The van der Waals surface area contributed by atoms with Crippen LogP contribution in [0.2, 0.25) is 0 Å². The quantitative estimate of drug-likeness (QED) is 0.681. The normalized spacial score (nSPS) is 14.7. The highest BCUT2D eigenvalue weighted by Gasteiger charge is 2.28. The summed E-state index contributed by atoms with van der Waals surface area (Å²) in [7, 11) is 0. The van der Waals surface area contributed by atoms with Gasteiger partial charge in [-0.25, -0.2) is 9.78 Å². The van der Waals surface area contributed by atoms with Crippen molar-refractivity contribution in [1.29, 1.82) is 0 Å². The summed E-state index contributed by atoms with van der Waals surface area (Å²) < 4.78 is 5.02. The molecule has 0 atom stereocenters. The van der Waals surface area contributed by atoms with Gasteiger partial charge in [0.1, 0.15) is 5.01 Å². The molecule has 27 heavy (non-hydrogen) atoms. The van der Waals surface area contributed by atoms with Crippen molar-refractivity contribution < 1.29 is 14.3 Å². The summed E-state index contributed by atoms with van der Waals surface area (Å²) in [5.74, 6) is -0.359. The Morgan fingerprint density at radius 3 is 2.67 bits per heavy atom. The summed E-state index contributed by atoms with van der Waals surface area (Å²) in [5, 5.41) is 2.48. The van der Waals surface area contributed by atoms with Crippen molar-refractivity contribution in [2.75, 3.05) is 6.61 Å². The van der Waals surface area contributed by atoms with Crippen molar-refractivity contribution in [2.45, 2.75) is 58.5 Å². The molecule has 1 amide bonds. The molecule has 0 unspecified atom stereocenters. The molecule has 0 aliphatic heterocycles. The fourth-order valence-corrected chi connectivity index (χ4v) is 4.32. The molecule has 1 aliphatic rings. The van der Waals surface area contributed by atoms with E-state index in [0.29, 0.717) is 18.8 Å². The van der Waals surface area contributed by atoms with Crippen LogP contribution in [0.15, 0.2) is 29.6 Å². The van der Waals surface area contributed by atoms with E-state index >= 15 is 0 Å². The molecule has 1 heterocycles. The molecule has 2 aromatic rings. The third-order valence-corrected chi connectivity index (χ3v) is 5.83. The second-order valence-electron chi connectivity index (χ2n) is 6.89. The molecule has 1 aromatic carbocycles. The zero-order valence-corrected chi connectivity index (χ0v) is 16.8. The Bertz CT molecular complexity index is 796. The van der Waals surface area contributed by atoms with Crippen LogP contribution < -0.4 is 0 Å². The van der Waals surface area contributed by atoms with Gasteiger partial charge in [0.2, 0.25) is 0 Å². The van der Waals surface area contributed by atoms with E-state index in [4.69, 9.17) is 4.74 Å². The number of esters is 1. The van der Waals surface area contributed by atoms with Gasteiger partial charge < -0.3 is 9.64 Å². The standard InChI is InChI=1S/C21H26N2O3S/c1-3-26-21(25)18-14-27-19(22-18)13-23(16-10-5-4-6-11-16)20(24)17-12-8-7-9-15(17)2/h7-9,12,14,16H,3-6,10-11,13H2,1-2H3. The highest BCUT2D eigenvalue weighted by molar-refractivity contribution is 7.09. The van der Waals surface area contributed by atoms with Crippen LogP contribution in [0.3, 0.4) is 0 Å². The second-order valence-corrected chi connectivity index (χ2v) is 7.83. The first-order chi connectivity index (χ1) is 13.1. The van der Waals surface area contributed by atoms with E-state index in [1.165, 1.54) is 17.8 Å². The van der Waals surface area contributed by atoms with Gasteiger partial charge >= 0.3 is 5.97 Å². The predicted molar refractivity (Wildman–Crippen MR) is 106 cm³/mol. The number of ether oxygens (including phenoxy) is 1. The van der Waals surface area contributed by atoms with E-state index < -0.39 is 5.97 Å². The lowest BCUT2D eigenvalue weighted by Crippen LogP contribution is -2.41. The molecule has 1 saturated carbocycles. The first kappa shape index (κ1) is 19.5. The van der Waals surface area contributed by atoms with Crippen LogP contribution in [0.25, 0.3) is 0 Å². The molecular formula is C21H26N2O3S. The molecule has 0 bridgehead atoms. The maximum atomic E-state index is 13.3. The molecule has 1 fully saturated rings. The highest BCUT2D eigenvalue weighted by Crippen LogP contribution is 2.27. The summed E-state index contributed by atoms with van der Waals surface area (Å²) >= 11 is 1.41. The van der Waals surface area contributed by atoms with Gasteiger partial charge in [0.25, 0.3) is 5.91 Å². The van der Waals surface area contributed by atoms with Crippen LogP contribution in [-0.4, -0.2) is 34.4 Å². The minimum absolute atomic E-state index is 0.0490. The first-order valence-corrected chi connectivity index (χ1v) is 10.5. The average Bonchev–Trinajstić information content (AvgIpc) is 3.16. The van der Waals surface area contributed by atoms with E-state index in [2.05, 4.69) is 4.98 Å². The zero-order valence-electron chi connectivity index (χ0n) is 15.9. The Labute approximate surface area is 164 Å². The third-order valence-electron chi connectivity index (χ3n) is 4.99. The largest absolute Gasteiger partial charge is 0.461 e. The number of thiazole rings is 1. The van der Waals surface area contributed by atoms with E-state index in [1.54, 1.807) is 12.3 Å². The molecule has 144 valence electrons. The Kier molecular flexibility index (Phi) is 6.61. The van der Waals surface area contributed by atoms with Crippen molar-refractivity contribution in [3.05, 3.63) is 51.5 Å². The average molecular weight is 387 g/mol. The van der Waals surface area contributed by atoms with Gasteiger partial charge in [-0.1, -0.05) is 37.5 Å². The summed E-state index contributed by atoms with van der Waals surface area (Å²) in [4.78, 5) is 31.6. The molecule has 1 aliphatic carbocycles. The van der Waals surface area contributed by atoms with Gasteiger partial charge in [-0.15, -0.1) is 11.3 Å². The molecular weight excluding hydrogens is 360 g/mol. The van der Waals surface area contributed by atoms with Crippen LogP contribution in [0.1, 0.15) is 70.4 Å². The Balaban J connectivity index is 1.83. The lowest BCUT2D eigenvalue weighted by Gasteiger charge is -2.34. The van der Waals surface area contributed by atoms with Gasteiger partial charge in [-0.3, -0.25) is 4.79 Å². The number of nitrogens with zero attached hydrogens (tertiary/aromatic N) is 2. The van der Waals surface area contributed by atoms with Crippen LogP contribution in [0, 0.1) is 6.92 Å². The van der Waals surface area contributed by atoms with Crippen molar-refractivity contribution in [3.63, 3.8) is 0 Å². The van der Waals surface area contributed by atoms with Gasteiger partial charge in [-0.2, -0.15) is 0 Å². The summed E-state index contributed by atoms with van der Waals surface area (Å²) in [6, 6.07) is 7.93. The minimum atomic E-state index is -0.408. The van der Waals surface area contributed by atoms with Crippen LogP contribution in [0.5, 0.6) is 0 Å². The number of aromatic nitrogens is 1. The molecule has 3 rings (SSSR count). The predicted octanol–water partition coefficient (Wildman–Crippen LogP) is 4.60. The Morgan fingerprint density at radius 2 is 1.96 bits per heavy atom.